The summed E-state index contributed by atoms with van der Waals surface area (Å²) >= 11 is 3.66. The number of benzene rings is 1. The fourth-order valence-electron chi connectivity index (χ4n) is 3.70. The van der Waals surface area contributed by atoms with Crippen molar-refractivity contribution in [3.05, 3.63) is 28.2 Å². The van der Waals surface area contributed by atoms with Gasteiger partial charge in [-0.05, 0) is 37.5 Å². The van der Waals surface area contributed by atoms with E-state index in [1.165, 1.54) is 50.0 Å². The summed E-state index contributed by atoms with van der Waals surface area (Å²) in [6.07, 6.45) is 5.68. The summed E-state index contributed by atoms with van der Waals surface area (Å²) in [6, 6.07) is 7.54. The number of hydrogen-bond acceptors (Lipinski definition) is 3. The van der Waals surface area contributed by atoms with Gasteiger partial charge in [0.1, 0.15) is 0 Å². The first-order valence-corrected chi connectivity index (χ1v) is 8.98. The monoisotopic (exact) mass is 351 g/mol. The van der Waals surface area contributed by atoms with Crippen molar-refractivity contribution in [3.63, 3.8) is 0 Å². The molecule has 1 heterocycles. The Morgan fingerprint density at radius 3 is 2.38 bits per heavy atom. The molecule has 2 N–H and O–H groups in total. The van der Waals surface area contributed by atoms with E-state index in [1.807, 2.05) is 6.92 Å². The smallest absolute Gasteiger partial charge is 0.0378 e. The molecular weight excluding hydrogens is 326 g/mol. The minimum atomic E-state index is 0.0765. The molecule has 1 aromatic carbocycles. The fraction of sp³-hybridized carbons (Fsp3) is 0.647. The number of nitrogens with zero attached hydrogens (tertiary/aromatic N) is 2. The standard InChI is InChI=1S/C17H26BrN3/c1-13(19)16-7-6-15(12-17(16)18)21-10-8-20(9-11-21)14-4-2-3-5-14/h6-7,12-14H,2-5,8-11,19H2,1H3/t13-/m0/s1. The quantitative estimate of drug-likeness (QED) is 0.903. The molecule has 0 amide bonds. The van der Waals surface area contributed by atoms with Gasteiger partial charge in [0.05, 0.1) is 0 Å². The van der Waals surface area contributed by atoms with Crippen LogP contribution in [0.1, 0.15) is 44.2 Å². The Morgan fingerprint density at radius 1 is 1.14 bits per heavy atom. The zero-order valence-electron chi connectivity index (χ0n) is 12.9. The third-order valence-corrected chi connectivity index (χ3v) is 5.68. The molecule has 21 heavy (non-hydrogen) atoms. The molecule has 0 unspecified atom stereocenters. The number of nitrogens with two attached hydrogens (primary N) is 1. The van der Waals surface area contributed by atoms with Crippen molar-refractivity contribution in [3.8, 4) is 0 Å². The summed E-state index contributed by atoms with van der Waals surface area (Å²) in [5, 5.41) is 0. The Hall–Kier alpha value is -0.580. The highest BCUT2D eigenvalue weighted by Gasteiger charge is 2.26. The molecule has 1 aliphatic heterocycles. The fourth-order valence-corrected chi connectivity index (χ4v) is 4.42. The van der Waals surface area contributed by atoms with Gasteiger partial charge in [-0.15, -0.1) is 0 Å². The molecule has 1 aromatic rings. The van der Waals surface area contributed by atoms with Crippen LogP contribution in [-0.2, 0) is 0 Å². The summed E-state index contributed by atoms with van der Waals surface area (Å²) < 4.78 is 1.13. The first-order valence-electron chi connectivity index (χ1n) is 8.19. The lowest BCUT2D eigenvalue weighted by molar-refractivity contribution is 0.187. The second-order valence-corrected chi connectivity index (χ2v) is 7.31. The van der Waals surface area contributed by atoms with Crippen LogP contribution in [0.15, 0.2) is 22.7 Å². The maximum absolute atomic E-state index is 5.98. The van der Waals surface area contributed by atoms with Crippen molar-refractivity contribution in [2.24, 2.45) is 5.73 Å². The van der Waals surface area contributed by atoms with Crippen LogP contribution in [0.25, 0.3) is 0 Å². The highest BCUT2D eigenvalue weighted by atomic mass is 79.9. The minimum Gasteiger partial charge on any atom is -0.369 e. The van der Waals surface area contributed by atoms with E-state index in [0.29, 0.717) is 0 Å². The zero-order chi connectivity index (χ0) is 14.8. The van der Waals surface area contributed by atoms with Crippen LogP contribution < -0.4 is 10.6 Å². The molecule has 1 aliphatic carbocycles. The number of hydrogen-bond donors (Lipinski definition) is 1. The van der Waals surface area contributed by atoms with E-state index in [2.05, 4.69) is 43.9 Å². The van der Waals surface area contributed by atoms with Gasteiger partial charge in [-0.25, -0.2) is 0 Å². The van der Waals surface area contributed by atoms with Gasteiger partial charge in [-0.2, -0.15) is 0 Å². The summed E-state index contributed by atoms with van der Waals surface area (Å²) in [6.45, 7) is 6.72. The van der Waals surface area contributed by atoms with Crippen LogP contribution in [0.4, 0.5) is 5.69 Å². The molecule has 1 saturated heterocycles. The van der Waals surface area contributed by atoms with Crippen molar-refractivity contribution >= 4 is 21.6 Å². The minimum absolute atomic E-state index is 0.0765. The third kappa shape index (κ3) is 3.43. The van der Waals surface area contributed by atoms with Crippen molar-refractivity contribution in [2.45, 2.75) is 44.7 Å². The van der Waals surface area contributed by atoms with Crippen molar-refractivity contribution < 1.29 is 0 Å². The van der Waals surface area contributed by atoms with Crippen LogP contribution in [0, 0.1) is 0 Å². The Labute approximate surface area is 136 Å². The van der Waals surface area contributed by atoms with E-state index in [0.717, 1.165) is 23.6 Å². The molecule has 116 valence electrons. The summed E-state index contributed by atoms with van der Waals surface area (Å²) in [4.78, 5) is 5.20. The molecule has 4 heteroatoms. The highest BCUT2D eigenvalue weighted by molar-refractivity contribution is 9.10. The van der Waals surface area contributed by atoms with E-state index in [4.69, 9.17) is 5.73 Å². The predicted molar refractivity (Wildman–Crippen MR) is 92.8 cm³/mol. The van der Waals surface area contributed by atoms with Gasteiger partial charge >= 0.3 is 0 Å². The molecule has 0 radical (unpaired) electrons. The van der Waals surface area contributed by atoms with E-state index in [1.54, 1.807) is 0 Å². The maximum atomic E-state index is 5.98. The lowest BCUT2D eigenvalue weighted by Gasteiger charge is -2.39. The molecule has 1 saturated carbocycles. The van der Waals surface area contributed by atoms with Gasteiger partial charge in [-0.3, -0.25) is 4.90 Å². The normalized spacial score (nSPS) is 22.7. The average Bonchev–Trinajstić information content (AvgIpc) is 3.01. The van der Waals surface area contributed by atoms with E-state index < -0.39 is 0 Å². The van der Waals surface area contributed by atoms with Crippen LogP contribution in [0.2, 0.25) is 0 Å². The number of rotatable bonds is 3. The van der Waals surface area contributed by atoms with Gasteiger partial charge in [0, 0.05) is 48.4 Å². The molecule has 0 aromatic heterocycles. The summed E-state index contributed by atoms with van der Waals surface area (Å²) in [5.74, 6) is 0. The largest absolute Gasteiger partial charge is 0.369 e. The molecule has 1 atom stereocenters. The summed E-state index contributed by atoms with van der Waals surface area (Å²) in [7, 11) is 0. The number of piperazine rings is 1. The van der Waals surface area contributed by atoms with Gasteiger partial charge in [0.25, 0.3) is 0 Å². The average molecular weight is 352 g/mol. The Balaban J connectivity index is 1.62. The number of anilines is 1. The van der Waals surface area contributed by atoms with Crippen LogP contribution in [0.3, 0.4) is 0 Å². The van der Waals surface area contributed by atoms with Gasteiger partial charge in [0.15, 0.2) is 0 Å². The second-order valence-electron chi connectivity index (χ2n) is 6.46. The molecule has 2 aliphatic rings. The first-order chi connectivity index (χ1) is 10.1. The zero-order valence-corrected chi connectivity index (χ0v) is 14.5. The van der Waals surface area contributed by atoms with E-state index in [-0.39, 0.29) is 6.04 Å². The lowest BCUT2D eigenvalue weighted by atomic mass is 10.1. The predicted octanol–water partition coefficient (Wildman–Crippen LogP) is 3.53. The van der Waals surface area contributed by atoms with Crippen LogP contribution in [0.5, 0.6) is 0 Å². The van der Waals surface area contributed by atoms with Crippen molar-refractivity contribution in [1.82, 2.24) is 4.90 Å². The number of halogens is 1. The Kier molecular flexibility index (Phi) is 4.87. The van der Waals surface area contributed by atoms with E-state index >= 15 is 0 Å². The maximum Gasteiger partial charge on any atom is 0.0378 e. The van der Waals surface area contributed by atoms with Crippen molar-refractivity contribution in [1.29, 1.82) is 0 Å². The molecule has 2 fully saturated rings. The molecular formula is C17H26BrN3. The molecule has 0 spiro atoms. The SMILES string of the molecule is C[C@H](N)c1ccc(N2CCN(C3CCCC3)CC2)cc1Br. The summed E-state index contributed by atoms with van der Waals surface area (Å²) in [5.41, 5.74) is 8.48. The van der Waals surface area contributed by atoms with Gasteiger partial charge < -0.3 is 10.6 Å². The molecule has 3 nitrogen and oxygen atoms in total. The van der Waals surface area contributed by atoms with Crippen LogP contribution in [-0.4, -0.2) is 37.1 Å². The highest BCUT2D eigenvalue weighted by Crippen LogP contribution is 2.29. The lowest BCUT2D eigenvalue weighted by Crippen LogP contribution is -2.49. The first kappa shape index (κ1) is 15.3. The topological polar surface area (TPSA) is 32.5 Å². The van der Waals surface area contributed by atoms with Gasteiger partial charge in [-0.1, -0.05) is 34.8 Å². The Morgan fingerprint density at radius 2 is 1.81 bits per heavy atom. The molecule has 3 rings (SSSR count). The van der Waals surface area contributed by atoms with Crippen molar-refractivity contribution in [2.75, 3.05) is 31.1 Å². The third-order valence-electron chi connectivity index (χ3n) is 5.00. The molecule has 0 bridgehead atoms. The van der Waals surface area contributed by atoms with Gasteiger partial charge in [0.2, 0.25) is 0 Å². The van der Waals surface area contributed by atoms with Crippen LogP contribution >= 0.6 is 15.9 Å². The second kappa shape index (κ2) is 6.67. The van der Waals surface area contributed by atoms with E-state index in [9.17, 15) is 0 Å². The Bertz CT molecular complexity index is 475.